The van der Waals surface area contributed by atoms with Crippen molar-refractivity contribution in [3.05, 3.63) is 36.0 Å². The van der Waals surface area contributed by atoms with Crippen molar-refractivity contribution >= 4 is 52.3 Å². The first kappa shape index (κ1) is 30.4. The SMILES string of the molecule is CSCCC(NC(=O)CNC(=O)C(N)Cc1c[nH]c2ccccc12)C(=O)NC(CCCN=C(N)N)C(=O)O. The van der Waals surface area contributed by atoms with Gasteiger partial charge in [0.1, 0.15) is 12.1 Å². The number of para-hydroxylation sites is 1. The number of carbonyl (C=O) groups excluding carboxylic acids is 3. The van der Waals surface area contributed by atoms with Crippen molar-refractivity contribution < 1.29 is 24.3 Å². The molecule has 1 heterocycles. The molecule has 2 aromatic rings. The molecule has 3 unspecified atom stereocenters. The minimum atomic E-state index is -1.21. The lowest BCUT2D eigenvalue weighted by molar-refractivity contribution is -0.142. The number of hydrogen-bond acceptors (Lipinski definition) is 7. The maximum atomic E-state index is 12.8. The molecule has 0 bridgehead atoms. The lowest BCUT2D eigenvalue weighted by Crippen LogP contribution is -2.54. The summed E-state index contributed by atoms with van der Waals surface area (Å²) < 4.78 is 0. The average molecular weight is 549 g/mol. The molecule has 0 aliphatic carbocycles. The van der Waals surface area contributed by atoms with Crippen molar-refractivity contribution in [2.75, 3.05) is 25.1 Å². The van der Waals surface area contributed by atoms with Crippen LogP contribution in [-0.4, -0.2) is 83.0 Å². The summed E-state index contributed by atoms with van der Waals surface area (Å²) >= 11 is 1.47. The Balaban J connectivity index is 1.89. The molecule has 2 rings (SSSR count). The molecule has 3 atom stereocenters. The molecular weight excluding hydrogens is 512 g/mol. The van der Waals surface area contributed by atoms with E-state index < -0.39 is 41.8 Å². The third-order valence-electron chi connectivity index (χ3n) is 5.70. The maximum Gasteiger partial charge on any atom is 0.326 e. The van der Waals surface area contributed by atoms with Gasteiger partial charge in [-0.1, -0.05) is 18.2 Å². The second-order valence-electron chi connectivity index (χ2n) is 8.64. The van der Waals surface area contributed by atoms with Gasteiger partial charge in [0.15, 0.2) is 5.96 Å². The fourth-order valence-electron chi connectivity index (χ4n) is 3.71. The Morgan fingerprint density at radius 1 is 1.08 bits per heavy atom. The largest absolute Gasteiger partial charge is 0.480 e. The number of carboxylic acids is 1. The summed E-state index contributed by atoms with van der Waals surface area (Å²) in [6, 6.07) is 4.61. The number of nitrogens with one attached hydrogen (secondary N) is 4. The van der Waals surface area contributed by atoms with E-state index in [0.29, 0.717) is 12.2 Å². The second-order valence-corrected chi connectivity index (χ2v) is 9.62. The Hall–Kier alpha value is -3.78. The van der Waals surface area contributed by atoms with Crippen LogP contribution in [0, 0.1) is 0 Å². The standard InChI is InChI=1S/C24H36N8O5S/c1-38-10-8-18(22(35)32-19(23(36)37)7-4-9-28-24(26)27)31-20(33)13-30-21(34)16(25)11-14-12-29-17-6-3-2-5-15(14)17/h2-3,5-6,12,16,18-19,29H,4,7-11,13,25H2,1H3,(H,30,34)(H,31,33)(H,32,35)(H,36,37)(H4,26,27,28). The molecule has 1 aromatic heterocycles. The van der Waals surface area contributed by atoms with E-state index >= 15 is 0 Å². The quantitative estimate of drug-likeness (QED) is 0.0730. The Morgan fingerprint density at radius 3 is 2.50 bits per heavy atom. The number of carbonyl (C=O) groups is 4. The van der Waals surface area contributed by atoms with E-state index in [-0.39, 0.29) is 38.3 Å². The van der Waals surface area contributed by atoms with Crippen LogP contribution >= 0.6 is 11.8 Å². The molecule has 0 aliphatic heterocycles. The number of fused-ring (bicyclic) bond motifs is 1. The molecule has 0 saturated carbocycles. The lowest BCUT2D eigenvalue weighted by atomic mass is 10.1. The van der Waals surface area contributed by atoms with Crippen molar-refractivity contribution in [3.63, 3.8) is 0 Å². The predicted molar refractivity (Wildman–Crippen MR) is 147 cm³/mol. The molecule has 0 radical (unpaired) electrons. The van der Waals surface area contributed by atoms with E-state index in [9.17, 15) is 24.3 Å². The lowest BCUT2D eigenvalue weighted by Gasteiger charge is -2.21. The van der Waals surface area contributed by atoms with Crippen LogP contribution in [0.1, 0.15) is 24.8 Å². The van der Waals surface area contributed by atoms with Crippen molar-refractivity contribution in [1.82, 2.24) is 20.9 Å². The van der Waals surface area contributed by atoms with Gasteiger partial charge in [-0.05, 0) is 49.3 Å². The fourth-order valence-corrected chi connectivity index (χ4v) is 4.18. The number of aromatic nitrogens is 1. The first-order chi connectivity index (χ1) is 18.1. The highest BCUT2D eigenvalue weighted by Gasteiger charge is 2.26. The van der Waals surface area contributed by atoms with Crippen molar-refractivity contribution in [2.45, 2.75) is 43.8 Å². The summed E-state index contributed by atoms with van der Waals surface area (Å²) in [5, 5.41) is 18.0. The van der Waals surface area contributed by atoms with Crippen LogP contribution < -0.4 is 33.2 Å². The molecule has 0 aliphatic rings. The summed E-state index contributed by atoms with van der Waals surface area (Å²) in [7, 11) is 0. The van der Waals surface area contributed by atoms with E-state index in [2.05, 4.69) is 25.9 Å². The average Bonchev–Trinajstić information content (AvgIpc) is 3.29. The van der Waals surface area contributed by atoms with Crippen LogP contribution in [0.25, 0.3) is 10.9 Å². The third kappa shape index (κ3) is 9.94. The molecule has 13 nitrogen and oxygen atoms in total. The number of guanidine groups is 1. The minimum Gasteiger partial charge on any atom is -0.480 e. The van der Waals surface area contributed by atoms with Crippen LogP contribution in [0.2, 0.25) is 0 Å². The van der Waals surface area contributed by atoms with Crippen LogP contribution in [0.4, 0.5) is 0 Å². The highest BCUT2D eigenvalue weighted by Crippen LogP contribution is 2.18. The highest BCUT2D eigenvalue weighted by molar-refractivity contribution is 7.98. The monoisotopic (exact) mass is 548 g/mol. The molecule has 0 fully saturated rings. The van der Waals surface area contributed by atoms with Gasteiger partial charge in [-0.25, -0.2) is 4.79 Å². The molecule has 0 spiro atoms. The summed E-state index contributed by atoms with van der Waals surface area (Å²) in [6.45, 7) is -0.166. The van der Waals surface area contributed by atoms with Gasteiger partial charge < -0.3 is 43.2 Å². The fraction of sp³-hybridized carbons (Fsp3) is 0.458. The van der Waals surface area contributed by atoms with Crippen LogP contribution in [0.15, 0.2) is 35.5 Å². The van der Waals surface area contributed by atoms with Crippen LogP contribution in [0.3, 0.4) is 0 Å². The molecule has 0 saturated heterocycles. The zero-order valence-corrected chi connectivity index (χ0v) is 22.1. The first-order valence-corrected chi connectivity index (χ1v) is 13.5. The van der Waals surface area contributed by atoms with E-state index in [1.807, 2.05) is 30.5 Å². The number of thioether (sulfide) groups is 1. The number of aromatic amines is 1. The number of nitrogens with two attached hydrogens (primary N) is 3. The molecule has 208 valence electrons. The van der Waals surface area contributed by atoms with E-state index in [1.54, 1.807) is 6.20 Å². The zero-order chi connectivity index (χ0) is 28.1. The van der Waals surface area contributed by atoms with E-state index in [0.717, 1.165) is 16.5 Å². The molecule has 14 heteroatoms. The smallest absolute Gasteiger partial charge is 0.326 e. The van der Waals surface area contributed by atoms with Gasteiger partial charge in [-0.2, -0.15) is 11.8 Å². The highest BCUT2D eigenvalue weighted by atomic mass is 32.2. The Labute approximate surface area is 224 Å². The maximum absolute atomic E-state index is 12.8. The normalized spacial score (nSPS) is 13.2. The number of hydrogen-bond donors (Lipinski definition) is 8. The number of rotatable bonds is 16. The first-order valence-electron chi connectivity index (χ1n) is 12.1. The van der Waals surface area contributed by atoms with Gasteiger partial charge in [0.2, 0.25) is 17.7 Å². The van der Waals surface area contributed by atoms with Gasteiger partial charge in [-0.3, -0.25) is 19.4 Å². The van der Waals surface area contributed by atoms with Gasteiger partial charge in [0, 0.05) is 23.6 Å². The van der Waals surface area contributed by atoms with Crippen molar-refractivity contribution in [1.29, 1.82) is 0 Å². The Morgan fingerprint density at radius 2 is 1.82 bits per heavy atom. The number of benzene rings is 1. The third-order valence-corrected chi connectivity index (χ3v) is 6.34. The van der Waals surface area contributed by atoms with Crippen molar-refractivity contribution in [3.8, 4) is 0 Å². The Kier molecular flexibility index (Phi) is 12.4. The summed E-state index contributed by atoms with van der Waals surface area (Å²) in [5.41, 5.74) is 18.4. The number of carboxylic acid groups (broad SMARTS) is 1. The van der Waals surface area contributed by atoms with E-state index in [4.69, 9.17) is 17.2 Å². The second kappa shape index (κ2) is 15.5. The minimum absolute atomic E-state index is 0.103. The van der Waals surface area contributed by atoms with Crippen LogP contribution in [0.5, 0.6) is 0 Å². The van der Waals surface area contributed by atoms with Gasteiger partial charge >= 0.3 is 5.97 Å². The number of aliphatic carboxylic acids is 1. The molecule has 11 N–H and O–H groups in total. The summed E-state index contributed by atoms with van der Waals surface area (Å²) in [5.74, 6) is -2.52. The Bertz CT molecular complexity index is 1130. The van der Waals surface area contributed by atoms with Gasteiger partial charge in [0.05, 0.1) is 12.6 Å². The number of nitrogens with zero attached hydrogens (tertiary/aromatic N) is 1. The summed E-state index contributed by atoms with van der Waals surface area (Å²) in [6.07, 6.45) is 4.62. The number of aliphatic imine (C=N–C) groups is 1. The van der Waals surface area contributed by atoms with Crippen molar-refractivity contribution in [2.24, 2.45) is 22.2 Å². The van der Waals surface area contributed by atoms with Gasteiger partial charge in [-0.15, -0.1) is 0 Å². The van der Waals surface area contributed by atoms with E-state index in [1.165, 1.54) is 11.8 Å². The van der Waals surface area contributed by atoms with Crippen LogP contribution in [-0.2, 0) is 25.6 Å². The number of amides is 3. The topological polar surface area (TPSA) is 231 Å². The predicted octanol–water partition coefficient (Wildman–Crippen LogP) is -0.985. The zero-order valence-electron chi connectivity index (χ0n) is 21.2. The molecular formula is C24H36N8O5S. The summed E-state index contributed by atoms with van der Waals surface area (Å²) in [4.78, 5) is 56.3. The number of H-pyrrole nitrogens is 1. The molecule has 38 heavy (non-hydrogen) atoms. The van der Waals surface area contributed by atoms with Gasteiger partial charge in [0.25, 0.3) is 0 Å². The molecule has 3 amide bonds. The molecule has 1 aromatic carbocycles.